The molecule has 0 saturated carbocycles. The molecule has 10 heteroatoms. The first-order valence-electron chi connectivity index (χ1n) is 10.4. The highest BCUT2D eigenvalue weighted by atomic mass is 32.1. The molecule has 2 aliphatic rings. The minimum atomic E-state index is -0.246. The van der Waals surface area contributed by atoms with Gasteiger partial charge in [0.05, 0.1) is 16.9 Å². The topological polar surface area (TPSA) is 108 Å². The fraction of sp³-hybridized carbons (Fsp3) is 0.476. The van der Waals surface area contributed by atoms with Crippen LogP contribution < -0.4 is 15.5 Å². The van der Waals surface area contributed by atoms with Crippen LogP contribution in [0.1, 0.15) is 37.6 Å². The van der Waals surface area contributed by atoms with Crippen LogP contribution in [0.2, 0.25) is 0 Å². The third-order valence-corrected chi connectivity index (χ3v) is 6.60. The van der Waals surface area contributed by atoms with Crippen molar-refractivity contribution in [2.45, 2.75) is 45.1 Å². The molecular weight excluding hydrogens is 416 g/mol. The maximum Gasteiger partial charge on any atom is 0.226 e. The van der Waals surface area contributed by atoms with Gasteiger partial charge >= 0.3 is 0 Å². The third-order valence-electron chi connectivity index (χ3n) is 5.85. The van der Waals surface area contributed by atoms with Crippen LogP contribution in [0.4, 0.5) is 16.5 Å². The summed E-state index contributed by atoms with van der Waals surface area (Å²) < 4.78 is 0. The Balaban J connectivity index is 1.31. The predicted octanol–water partition coefficient (Wildman–Crippen LogP) is 2.41. The van der Waals surface area contributed by atoms with E-state index in [1.165, 1.54) is 11.3 Å². The molecule has 164 valence electrons. The van der Waals surface area contributed by atoms with Crippen LogP contribution in [-0.4, -0.2) is 58.0 Å². The molecule has 0 aliphatic carbocycles. The maximum atomic E-state index is 12.6. The summed E-state index contributed by atoms with van der Waals surface area (Å²) in [4.78, 5) is 40.6. The number of aromatic nitrogens is 2. The lowest BCUT2D eigenvalue weighted by atomic mass is 9.84. The number of rotatable bonds is 4. The molecule has 9 nitrogen and oxygen atoms in total. The van der Waals surface area contributed by atoms with E-state index in [1.54, 1.807) is 6.92 Å². The van der Waals surface area contributed by atoms with Gasteiger partial charge in [0.2, 0.25) is 22.9 Å². The van der Waals surface area contributed by atoms with Gasteiger partial charge in [0.1, 0.15) is 5.01 Å². The summed E-state index contributed by atoms with van der Waals surface area (Å²) in [5, 5.41) is 15.3. The number of amides is 3. The molecule has 3 heterocycles. The highest BCUT2D eigenvalue weighted by molar-refractivity contribution is 7.15. The van der Waals surface area contributed by atoms with Gasteiger partial charge in [-0.25, -0.2) is 0 Å². The van der Waals surface area contributed by atoms with Crippen LogP contribution in [0.3, 0.4) is 0 Å². The molecule has 0 radical (unpaired) electrons. The highest BCUT2D eigenvalue weighted by Crippen LogP contribution is 2.39. The molecule has 1 fully saturated rings. The van der Waals surface area contributed by atoms with Crippen molar-refractivity contribution in [3.8, 4) is 0 Å². The number of carbonyl (C=O) groups excluding carboxylic acids is 3. The van der Waals surface area contributed by atoms with E-state index in [4.69, 9.17) is 0 Å². The lowest BCUT2D eigenvalue weighted by Gasteiger charge is -2.49. The number of benzene rings is 1. The van der Waals surface area contributed by atoms with Crippen molar-refractivity contribution in [3.63, 3.8) is 0 Å². The summed E-state index contributed by atoms with van der Waals surface area (Å²) in [5.74, 6) is -0.248. The quantitative estimate of drug-likeness (QED) is 0.753. The number of para-hydroxylation sites is 2. The number of hydrogen-bond donors (Lipinski definition) is 2. The van der Waals surface area contributed by atoms with Gasteiger partial charge in [-0.3, -0.25) is 14.4 Å². The zero-order chi connectivity index (χ0) is 22.0. The predicted molar refractivity (Wildman–Crippen MR) is 119 cm³/mol. The lowest BCUT2D eigenvalue weighted by molar-refractivity contribution is -0.134. The summed E-state index contributed by atoms with van der Waals surface area (Å²) >= 11 is 1.30. The van der Waals surface area contributed by atoms with E-state index < -0.39 is 0 Å². The van der Waals surface area contributed by atoms with Crippen molar-refractivity contribution < 1.29 is 14.4 Å². The number of anilines is 3. The van der Waals surface area contributed by atoms with E-state index in [1.807, 2.05) is 41.0 Å². The van der Waals surface area contributed by atoms with Gasteiger partial charge in [-0.05, 0) is 31.9 Å². The van der Waals surface area contributed by atoms with Gasteiger partial charge in [-0.15, -0.1) is 10.2 Å². The zero-order valence-corrected chi connectivity index (χ0v) is 18.5. The first kappa shape index (κ1) is 21.2. The van der Waals surface area contributed by atoms with Crippen molar-refractivity contribution in [2.75, 3.05) is 35.2 Å². The number of hydrogen-bond acceptors (Lipinski definition) is 7. The van der Waals surface area contributed by atoms with Crippen LogP contribution in [0, 0.1) is 6.92 Å². The molecule has 2 aliphatic heterocycles. The Kier molecular flexibility index (Phi) is 5.90. The zero-order valence-electron chi connectivity index (χ0n) is 17.7. The first-order chi connectivity index (χ1) is 14.8. The molecule has 1 saturated heterocycles. The second-order valence-electron chi connectivity index (χ2n) is 8.08. The molecule has 0 atom stereocenters. The van der Waals surface area contributed by atoms with Crippen molar-refractivity contribution in [2.24, 2.45) is 0 Å². The maximum absolute atomic E-state index is 12.6. The Labute approximate surface area is 184 Å². The average molecular weight is 443 g/mol. The number of piperidine rings is 1. The van der Waals surface area contributed by atoms with E-state index in [0.717, 1.165) is 29.2 Å². The minimum absolute atomic E-state index is 0.0171. The lowest BCUT2D eigenvalue weighted by Crippen LogP contribution is -2.59. The second-order valence-corrected chi connectivity index (χ2v) is 9.26. The average Bonchev–Trinajstić information content (AvgIpc) is 3.16. The summed E-state index contributed by atoms with van der Waals surface area (Å²) in [6, 6.07) is 7.82. The normalized spacial score (nSPS) is 17.1. The number of nitrogens with zero attached hydrogens (tertiary/aromatic N) is 4. The molecule has 2 N–H and O–H groups in total. The van der Waals surface area contributed by atoms with Crippen molar-refractivity contribution in [1.82, 2.24) is 15.1 Å². The Morgan fingerprint density at radius 1 is 1.16 bits per heavy atom. The second kappa shape index (κ2) is 8.62. The molecule has 1 spiro atoms. The van der Waals surface area contributed by atoms with E-state index in [-0.39, 0.29) is 36.1 Å². The van der Waals surface area contributed by atoms with Gasteiger partial charge in [-0.1, -0.05) is 23.5 Å². The highest BCUT2D eigenvalue weighted by Gasteiger charge is 2.41. The molecule has 3 amide bonds. The number of fused-ring (bicyclic) bond motifs is 1. The van der Waals surface area contributed by atoms with Crippen molar-refractivity contribution in [1.29, 1.82) is 0 Å². The van der Waals surface area contributed by atoms with Crippen LogP contribution in [0.5, 0.6) is 0 Å². The van der Waals surface area contributed by atoms with Gasteiger partial charge in [0, 0.05) is 39.4 Å². The molecule has 4 rings (SSSR count). The summed E-state index contributed by atoms with van der Waals surface area (Å²) in [6.07, 6.45) is 1.76. The van der Waals surface area contributed by atoms with Crippen LogP contribution in [0.15, 0.2) is 24.3 Å². The molecule has 31 heavy (non-hydrogen) atoms. The van der Waals surface area contributed by atoms with E-state index in [9.17, 15) is 14.4 Å². The number of aryl methyl sites for hydroxylation is 1. The van der Waals surface area contributed by atoms with Crippen molar-refractivity contribution >= 4 is 45.6 Å². The molecule has 0 bridgehead atoms. The summed E-state index contributed by atoms with van der Waals surface area (Å²) in [5.41, 5.74) is 1.60. The monoisotopic (exact) mass is 442 g/mol. The number of nitrogens with one attached hydrogen (secondary N) is 2. The Morgan fingerprint density at radius 2 is 1.90 bits per heavy atom. The summed E-state index contributed by atoms with van der Waals surface area (Å²) in [7, 11) is 0. The molecule has 2 aromatic rings. The van der Waals surface area contributed by atoms with Crippen LogP contribution in [-0.2, 0) is 14.4 Å². The number of carbonyl (C=O) groups is 3. The van der Waals surface area contributed by atoms with Gasteiger partial charge in [0.15, 0.2) is 0 Å². The third kappa shape index (κ3) is 4.68. The van der Waals surface area contributed by atoms with E-state index in [2.05, 4.69) is 20.8 Å². The largest absolute Gasteiger partial charge is 0.376 e. The summed E-state index contributed by atoms with van der Waals surface area (Å²) in [6.45, 7) is 5.18. The van der Waals surface area contributed by atoms with Crippen LogP contribution >= 0.6 is 11.3 Å². The Morgan fingerprint density at radius 3 is 2.58 bits per heavy atom. The first-order valence-corrected chi connectivity index (χ1v) is 11.2. The smallest absolute Gasteiger partial charge is 0.226 e. The molecule has 1 aromatic carbocycles. The molecule has 0 unspecified atom stereocenters. The minimum Gasteiger partial charge on any atom is -0.376 e. The fourth-order valence-electron chi connectivity index (χ4n) is 4.18. The Bertz CT molecular complexity index is 999. The molecule has 1 aromatic heterocycles. The SMILES string of the molecule is CC(=O)N1CC2(CCN(C(=O)CCC(=O)Nc3nnc(C)s3)CC2)Nc2ccccc21. The molecular formula is C21H26N6O3S. The van der Waals surface area contributed by atoms with Crippen LogP contribution in [0.25, 0.3) is 0 Å². The van der Waals surface area contributed by atoms with Gasteiger partial charge in [0.25, 0.3) is 0 Å². The standard InChI is InChI=1S/C21H26N6O3S/c1-14-24-25-20(31-14)22-18(29)7-8-19(30)26-11-9-21(10-12-26)13-27(15(2)28)17-6-4-3-5-16(17)23-21/h3-6,23H,7-13H2,1-2H3,(H,22,25,29). The van der Waals surface area contributed by atoms with E-state index in [0.29, 0.717) is 24.8 Å². The Hall–Kier alpha value is -3.01. The van der Waals surface area contributed by atoms with Crippen molar-refractivity contribution in [3.05, 3.63) is 29.3 Å². The van der Waals surface area contributed by atoms with Gasteiger partial charge < -0.3 is 20.4 Å². The van der Waals surface area contributed by atoms with Gasteiger partial charge in [-0.2, -0.15) is 0 Å². The number of likely N-dealkylation sites (tertiary alicyclic amines) is 1. The fourth-order valence-corrected chi connectivity index (χ4v) is 4.79. The van der Waals surface area contributed by atoms with E-state index >= 15 is 0 Å².